The minimum atomic E-state index is -3.69. The average molecular weight is 339 g/mol. The van der Waals surface area contributed by atoms with Gasteiger partial charge in [-0.3, -0.25) is 0 Å². The summed E-state index contributed by atoms with van der Waals surface area (Å²) in [6.45, 7) is 1.69. The molecular formula is C11H17NO5S3. The number of sulfone groups is 1. The molecule has 0 bridgehead atoms. The highest BCUT2D eigenvalue weighted by molar-refractivity contribution is 7.91. The second kappa shape index (κ2) is 5.72. The van der Waals surface area contributed by atoms with Gasteiger partial charge in [-0.05, 0) is 19.4 Å². The Labute approximate surface area is 123 Å². The lowest BCUT2D eigenvalue weighted by Crippen LogP contribution is -2.33. The van der Waals surface area contributed by atoms with Gasteiger partial charge in [-0.1, -0.05) is 0 Å². The predicted molar refractivity (Wildman–Crippen MR) is 77.0 cm³/mol. The van der Waals surface area contributed by atoms with E-state index in [1.54, 1.807) is 6.92 Å². The van der Waals surface area contributed by atoms with Crippen LogP contribution in [0.4, 0.5) is 0 Å². The molecule has 0 spiro atoms. The van der Waals surface area contributed by atoms with Crippen molar-refractivity contribution in [1.29, 1.82) is 0 Å². The maximum Gasteiger partial charge on any atom is 0.244 e. The molecule has 9 heteroatoms. The lowest BCUT2D eigenvalue weighted by Gasteiger charge is -2.19. The molecule has 0 atom stereocenters. The van der Waals surface area contributed by atoms with E-state index >= 15 is 0 Å². The quantitative estimate of drug-likeness (QED) is 0.858. The van der Waals surface area contributed by atoms with E-state index in [0.717, 1.165) is 0 Å². The number of aryl methyl sites for hydroxylation is 1. The summed E-state index contributed by atoms with van der Waals surface area (Å²) in [5.41, 5.74) is 0. The smallest absolute Gasteiger partial charge is 0.244 e. The summed E-state index contributed by atoms with van der Waals surface area (Å²) >= 11 is 1.24. The largest absolute Gasteiger partial charge is 0.391 e. The fraction of sp³-hybridized carbons (Fsp3) is 0.636. The van der Waals surface area contributed by atoms with E-state index in [9.17, 15) is 16.8 Å². The van der Waals surface area contributed by atoms with Crippen LogP contribution in [0.1, 0.15) is 16.2 Å². The van der Waals surface area contributed by atoms with Gasteiger partial charge in [-0.15, -0.1) is 11.3 Å². The van der Waals surface area contributed by atoms with E-state index in [4.69, 9.17) is 5.11 Å². The van der Waals surface area contributed by atoms with Crippen LogP contribution in [0.2, 0.25) is 0 Å². The van der Waals surface area contributed by atoms with Crippen molar-refractivity contribution < 1.29 is 21.9 Å². The van der Waals surface area contributed by atoms with Crippen molar-refractivity contribution >= 4 is 31.2 Å². The first kappa shape index (κ1) is 15.9. The Hall–Kier alpha value is -0.480. The normalized spacial score (nSPS) is 20.7. The number of sulfonamides is 1. The summed E-state index contributed by atoms with van der Waals surface area (Å²) in [4.78, 5) is 1.37. The van der Waals surface area contributed by atoms with Crippen molar-refractivity contribution in [2.75, 3.05) is 24.6 Å². The van der Waals surface area contributed by atoms with E-state index in [-0.39, 0.29) is 36.1 Å². The van der Waals surface area contributed by atoms with Gasteiger partial charge < -0.3 is 5.11 Å². The Morgan fingerprint density at radius 2 is 2.05 bits per heavy atom. The zero-order valence-electron chi connectivity index (χ0n) is 11.1. The number of hydrogen-bond acceptors (Lipinski definition) is 6. The molecule has 6 nitrogen and oxygen atoms in total. The van der Waals surface area contributed by atoms with Crippen molar-refractivity contribution in [3.05, 3.63) is 15.8 Å². The fourth-order valence-electron chi connectivity index (χ4n) is 2.15. The van der Waals surface area contributed by atoms with E-state index in [1.807, 2.05) is 0 Å². The van der Waals surface area contributed by atoms with Gasteiger partial charge in [-0.2, -0.15) is 4.31 Å². The molecule has 2 rings (SSSR count). The number of nitrogens with zero attached hydrogens (tertiary/aromatic N) is 1. The minimum absolute atomic E-state index is 0.00554. The molecule has 0 saturated carbocycles. The monoisotopic (exact) mass is 339 g/mol. The highest BCUT2D eigenvalue weighted by Crippen LogP contribution is 2.28. The molecule has 0 aromatic carbocycles. The van der Waals surface area contributed by atoms with Crippen LogP contribution in [0.3, 0.4) is 0 Å². The number of rotatable bonds is 3. The second-order valence-corrected chi connectivity index (χ2v) is 10.3. The molecule has 0 aliphatic carbocycles. The second-order valence-electron chi connectivity index (χ2n) is 4.70. The number of thiophene rings is 1. The summed E-state index contributed by atoms with van der Waals surface area (Å²) in [6.07, 6.45) is 0.317. The Balaban J connectivity index is 2.32. The summed E-state index contributed by atoms with van der Waals surface area (Å²) < 4.78 is 49.4. The molecule has 1 N–H and O–H groups in total. The van der Waals surface area contributed by atoms with Gasteiger partial charge in [0.05, 0.1) is 23.0 Å². The molecule has 20 heavy (non-hydrogen) atoms. The first-order valence-electron chi connectivity index (χ1n) is 6.17. The van der Waals surface area contributed by atoms with Crippen LogP contribution in [-0.4, -0.2) is 50.8 Å². The first-order valence-corrected chi connectivity index (χ1v) is 10.2. The van der Waals surface area contributed by atoms with Gasteiger partial charge in [-0.25, -0.2) is 16.8 Å². The lowest BCUT2D eigenvalue weighted by atomic mass is 10.4. The standard InChI is InChI=1S/C11H17NO5S3/c1-9-11(7-10(8-13)18-9)20(16,17)12-3-2-5-19(14,15)6-4-12/h7,13H,2-6,8H2,1H3. The molecule has 2 heterocycles. The van der Waals surface area contributed by atoms with Crippen LogP contribution in [0.25, 0.3) is 0 Å². The third kappa shape index (κ3) is 3.22. The third-order valence-corrected chi connectivity index (χ3v) is 8.12. The van der Waals surface area contributed by atoms with E-state index in [1.165, 1.54) is 21.7 Å². The van der Waals surface area contributed by atoms with Crippen molar-refractivity contribution in [3.8, 4) is 0 Å². The number of aliphatic hydroxyl groups excluding tert-OH is 1. The average Bonchev–Trinajstić information content (AvgIpc) is 2.64. The third-order valence-electron chi connectivity index (χ3n) is 3.21. The molecule has 1 aliphatic rings. The Bertz CT molecular complexity index is 690. The van der Waals surface area contributed by atoms with E-state index < -0.39 is 19.9 Å². The highest BCUT2D eigenvalue weighted by atomic mass is 32.2. The van der Waals surface area contributed by atoms with Crippen LogP contribution in [0, 0.1) is 6.92 Å². The molecule has 0 radical (unpaired) electrons. The number of aliphatic hydroxyl groups is 1. The minimum Gasteiger partial charge on any atom is -0.391 e. The molecular weight excluding hydrogens is 322 g/mol. The van der Waals surface area contributed by atoms with Gasteiger partial charge >= 0.3 is 0 Å². The summed E-state index contributed by atoms with van der Waals surface area (Å²) in [6, 6.07) is 1.47. The van der Waals surface area contributed by atoms with Crippen LogP contribution >= 0.6 is 11.3 Å². The molecule has 1 aromatic rings. The Kier molecular flexibility index (Phi) is 4.55. The van der Waals surface area contributed by atoms with E-state index in [0.29, 0.717) is 16.2 Å². The molecule has 0 unspecified atom stereocenters. The summed E-state index contributed by atoms with van der Waals surface area (Å²) in [7, 11) is -6.83. The van der Waals surface area contributed by atoms with Gasteiger partial charge in [0.25, 0.3) is 0 Å². The van der Waals surface area contributed by atoms with Crippen LogP contribution in [0.5, 0.6) is 0 Å². The van der Waals surface area contributed by atoms with Gasteiger partial charge in [0.15, 0.2) is 9.84 Å². The zero-order chi connectivity index (χ0) is 15.0. The van der Waals surface area contributed by atoms with Crippen LogP contribution in [-0.2, 0) is 26.5 Å². The number of hydrogen-bond donors (Lipinski definition) is 1. The van der Waals surface area contributed by atoms with E-state index in [2.05, 4.69) is 0 Å². The van der Waals surface area contributed by atoms with Crippen molar-refractivity contribution in [3.63, 3.8) is 0 Å². The van der Waals surface area contributed by atoms with Crippen molar-refractivity contribution in [2.45, 2.75) is 24.8 Å². The van der Waals surface area contributed by atoms with Crippen molar-refractivity contribution in [2.24, 2.45) is 0 Å². The Morgan fingerprint density at radius 1 is 1.35 bits per heavy atom. The molecule has 1 aromatic heterocycles. The summed E-state index contributed by atoms with van der Waals surface area (Å²) in [5.74, 6) is -0.105. The van der Waals surface area contributed by atoms with Crippen molar-refractivity contribution in [1.82, 2.24) is 4.31 Å². The first-order chi connectivity index (χ1) is 9.26. The van der Waals surface area contributed by atoms with Crippen LogP contribution in [0.15, 0.2) is 11.0 Å². The fourth-order valence-corrected chi connectivity index (χ4v) is 6.48. The highest BCUT2D eigenvalue weighted by Gasteiger charge is 2.30. The molecule has 114 valence electrons. The zero-order valence-corrected chi connectivity index (χ0v) is 13.5. The maximum atomic E-state index is 12.6. The predicted octanol–water partition coefficient (Wildman–Crippen LogP) is 0.358. The van der Waals surface area contributed by atoms with Crippen LogP contribution < -0.4 is 0 Å². The SMILES string of the molecule is Cc1sc(CO)cc1S(=O)(=O)N1CCCS(=O)(=O)CC1. The summed E-state index contributed by atoms with van der Waals surface area (Å²) in [5, 5.41) is 9.09. The molecule has 1 aliphatic heterocycles. The molecule has 1 fully saturated rings. The van der Waals surface area contributed by atoms with Gasteiger partial charge in [0, 0.05) is 22.8 Å². The molecule has 1 saturated heterocycles. The van der Waals surface area contributed by atoms with Gasteiger partial charge in [0.2, 0.25) is 10.0 Å². The molecule has 0 amide bonds. The Morgan fingerprint density at radius 3 is 2.65 bits per heavy atom. The topological polar surface area (TPSA) is 91.8 Å². The maximum absolute atomic E-state index is 12.6. The van der Waals surface area contributed by atoms with Gasteiger partial charge in [0.1, 0.15) is 0 Å². The lowest BCUT2D eigenvalue weighted by molar-refractivity contribution is 0.285.